The minimum absolute atomic E-state index is 0.0511. The van der Waals surface area contributed by atoms with Crippen LogP contribution in [-0.4, -0.2) is 30.0 Å². The van der Waals surface area contributed by atoms with Crippen LogP contribution in [0.15, 0.2) is 22.9 Å². The Bertz CT molecular complexity index is 431. The third kappa shape index (κ3) is 3.80. The summed E-state index contributed by atoms with van der Waals surface area (Å²) < 4.78 is 5.30. The molecule has 1 aromatic rings. The molecule has 0 spiro atoms. The van der Waals surface area contributed by atoms with Gasteiger partial charge >= 0.3 is 5.97 Å². The third-order valence-corrected chi connectivity index (χ3v) is 2.87. The number of nitrogens with zero attached hydrogens (tertiary/aromatic N) is 1. The van der Waals surface area contributed by atoms with Crippen molar-refractivity contribution in [3.8, 4) is 0 Å². The summed E-state index contributed by atoms with van der Waals surface area (Å²) in [6, 6.07) is 2.63. The monoisotopic (exact) mass is 314 g/mol. The molecule has 1 aromatic heterocycles. The van der Waals surface area contributed by atoms with Gasteiger partial charge in [0.1, 0.15) is 10.6 Å². The normalized spacial score (nSPS) is 12.1. The molecule has 0 saturated carbocycles. The van der Waals surface area contributed by atoms with E-state index >= 15 is 0 Å². The first-order chi connectivity index (χ1) is 8.45. The SMILES string of the molecule is COC(=O)[C@@H](NC(=O)c1ccc(Br)nc1)C(C)C. The molecule has 0 saturated heterocycles. The van der Waals surface area contributed by atoms with Crippen LogP contribution in [0, 0.1) is 5.92 Å². The highest BCUT2D eigenvalue weighted by Gasteiger charge is 2.25. The summed E-state index contributed by atoms with van der Waals surface area (Å²) in [5, 5.41) is 2.63. The minimum Gasteiger partial charge on any atom is -0.467 e. The number of halogens is 1. The van der Waals surface area contributed by atoms with Gasteiger partial charge < -0.3 is 10.1 Å². The predicted octanol–water partition coefficient (Wildman–Crippen LogP) is 1.77. The van der Waals surface area contributed by atoms with Gasteiger partial charge in [-0.05, 0) is 34.0 Å². The fourth-order valence-corrected chi connectivity index (χ4v) is 1.59. The van der Waals surface area contributed by atoms with E-state index in [-0.39, 0.29) is 11.8 Å². The molecule has 0 aromatic carbocycles. The molecular weight excluding hydrogens is 300 g/mol. The van der Waals surface area contributed by atoms with Crippen LogP contribution < -0.4 is 5.32 Å². The molecule has 0 aliphatic heterocycles. The Balaban J connectivity index is 2.78. The number of carbonyl (C=O) groups is 2. The summed E-state index contributed by atoms with van der Waals surface area (Å²) in [7, 11) is 1.30. The van der Waals surface area contributed by atoms with Gasteiger partial charge in [0, 0.05) is 6.20 Å². The van der Waals surface area contributed by atoms with E-state index in [4.69, 9.17) is 0 Å². The molecule has 1 N–H and O–H groups in total. The molecule has 6 heteroatoms. The lowest BCUT2D eigenvalue weighted by Crippen LogP contribution is -2.45. The Hall–Kier alpha value is -1.43. The van der Waals surface area contributed by atoms with Gasteiger partial charge in [-0.1, -0.05) is 13.8 Å². The number of pyridine rings is 1. The third-order valence-electron chi connectivity index (χ3n) is 2.40. The first kappa shape index (κ1) is 14.6. The quantitative estimate of drug-likeness (QED) is 0.679. The summed E-state index contributed by atoms with van der Waals surface area (Å²) in [5.41, 5.74) is 0.396. The van der Waals surface area contributed by atoms with Gasteiger partial charge in [0.2, 0.25) is 0 Å². The number of esters is 1. The number of amides is 1. The Labute approximate surface area is 114 Å². The maximum atomic E-state index is 11.9. The van der Waals surface area contributed by atoms with Crippen LogP contribution >= 0.6 is 15.9 Å². The molecule has 1 rings (SSSR count). The van der Waals surface area contributed by atoms with Gasteiger partial charge in [0.15, 0.2) is 0 Å². The number of aromatic nitrogens is 1. The molecule has 0 bridgehead atoms. The van der Waals surface area contributed by atoms with E-state index in [2.05, 4.69) is 31.0 Å². The Kier molecular flexibility index (Phi) is 5.27. The smallest absolute Gasteiger partial charge is 0.328 e. The maximum absolute atomic E-state index is 11.9. The van der Waals surface area contributed by atoms with Crippen molar-refractivity contribution in [1.29, 1.82) is 0 Å². The van der Waals surface area contributed by atoms with E-state index in [1.165, 1.54) is 13.3 Å². The molecule has 0 aliphatic rings. The molecular formula is C12H15BrN2O3. The van der Waals surface area contributed by atoms with Crippen molar-refractivity contribution in [1.82, 2.24) is 10.3 Å². The highest BCUT2D eigenvalue weighted by Crippen LogP contribution is 2.08. The second kappa shape index (κ2) is 6.49. The number of methoxy groups -OCH3 is 1. The highest BCUT2D eigenvalue weighted by molar-refractivity contribution is 9.10. The summed E-state index contributed by atoms with van der Waals surface area (Å²) in [4.78, 5) is 27.4. The van der Waals surface area contributed by atoms with E-state index in [0.29, 0.717) is 10.2 Å². The van der Waals surface area contributed by atoms with Crippen molar-refractivity contribution in [2.75, 3.05) is 7.11 Å². The summed E-state index contributed by atoms with van der Waals surface area (Å²) in [6.07, 6.45) is 1.44. The van der Waals surface area contributed by atoms with Crippen molar-refractivity contribution in [3.05, 3.63) is 28.5 Å². The average Bonchev–Trinajstić information content (AvgIpc) is 2.35. The zero-order valence-corrected chi connectivity index (χ0v) is 12.0. The molecule has 18 heavy (non-hydrogen) atoms. The standard InChI is InChI=1S/C12H15BrN2O3/c1-7(2)10(12(17)18-3)15-11(16)8-4-5-9(13)14-6-8/h4-7,10H,1-3H3,(H,15,16)/t10-/m0/s1. The van der Waals surface area contributed by atoms with Gasteiger partial charge in [-0.3, -0.25) is 4.79 Å². The predicted molar refractivity (Wildman–Crippen MR) is 70.0 cm³/mol. The summed E-state index contributed by atoms with van der Waals surface area (Å²) in [5.74, 6) is -0.854. The van der Waals surface area contributed by atoms with Crippen LogP contribution in [0.2, 0.25) is 0 Å². The lowest BCUT2D eigenvalue weighted by Gasteiger charge is -2.19. The van der Waals surface area contributed by atoms with Gasteiger partial charge in [-0.25, -0.2) is 9.78 Å². The molecule has 1 atom stereocenters. The van der Waals surface area contributed by atoms with E-state index < -0.39 is 12.0 Å². The molecule has 98 valence electrons. The van der Waals surface area contributed by atoms with Crippen LogP contribution in [-0.2, 0) is 9.53 Å². The molecule has 5 nitrogen and oxygen atoms in total. The van der Waals surface area contributed by atoms with Gasteiger partial charge in [-0.2, -0.15) is 0 Å². The molecule has 0 aliphatic carbocycles. The van der Waals surface area contributed by atoms with Crippen LogP contribution in [0.3, 0.4) is 0 Å². The first-order valence-corrected chi connectivity index (χ1v) is 6.25. The van der Waals surface area contributed by atoms with Crippen molar-refractivity contribution in [2.24, 2.45) is 5.92 Å². The van der Waals surface area contributed by atoms with Crippen molar-refractivity contribution in [2.45, 2.75) is 19.9 Å². The largest absolute Gasteiger partial charge is 0.467 e. The van der Waals surface area contributed by atoms with Gasteiger partial charge in [0.05, 0.1) is 12.7 Å². The van der Waals surface area contributed by atoms with Gasteiger partial charge in [0.25, 0.3) is 5.91 Å². The fourth-order valence-electron chi connectivity index (χ4n) is 1.36. The molecule has 0 unspecified atom stereocenters. The summed E-state index contributed by atoms with van der Waals surface area (Å²) in [6.45, 7) is 3.67. The molecule has 0 radical (unpaired) electrons. The lowest BCUT2D eigenvalue weighted by atomic mass is 10.0. The maximum Gasteiger partial charge on any atom is 0.328 e. The number of nitrogens with one attached hydrogen (secondary N) is 1. The lowest BCUT2D eigenvalue weighted by molar-refractivity contribution is -0.144. The number of carbonyl (C=O) groups excluding carboxylic acids is 2. The molecule has 1 heterocycles. The Morgan fingerprint density at radius 3 is 2.50 bits per heavy atom. The van der Waals surface area contributed by atoms with Crippen LogP contribution in [0.1, 0.15) is 24.2 Å². The van der Waals surface area contributed by atoms with Crippen LogP contribution in [0.25, 0.3) is 0 Å². The van der Waals surface area contributed by atoms with Crippen LogP contribution in [0.5, 0.6) is 0 Å². The van der Waals surface area contributed by atoms with Crippen LogP contribution in [0.4, 0.5) is 0 Å². The van der Waals surface area contributed by atoms with E-state index in [1.807, 2.05) is 13.8 Å². The Morgan fingerprint density at radius 2 is 2.06 bits per heavy atom. The number of hydrogen-bond donors (Lipinski definition) is 1. The number of ether oxygens (including phenoxy) is 1. The second-order valence-corrected chi connectivity index (χ2v) is 4.90. The first-order valence-electron chi connectivity index (χ1n) is 5.46. The second-order valence-electron chi connectivity index (χ2n) is 4.09. The summed E-state index contributed by atoms with van der Waals surface area (Å²) >= 11 is 3.19. The van der Waals surface area contributed by atoms with Gasteiger partial charge in [-0.15, -0.1) is 0 Å². The Morgan fingerprint density at radius 1 is 1.39 bits per heavy atom. The number of rotatable bonds is 4. The number of hydrogen-bond acceptors (Lipinski definition) is 4. The van der Waals surface area contributed by atoms with Crippen molar-refractivity contribution >= 4 is 27.8 Å². The topological polar surface area (TPSA) is 68.3 Å². The van der Waals surface area contributed by atoms with E-state index in [1.54, 1.807) is 12.1 Å². The average molecular weight is 315 g/mol. The molecule has 0 fully saturated rings. The zero-order valence-electron chi connectivity index (χ0n) is 10.4. The fraction of sp³-hybridized carbons (Fsp3) is 0.417. The van der Waals surface area contributed by atoms with Crippen molar-refractivity contribution < 1.29 is 14.3 Å². The van der Waals surface area contributed by atoms with E-state index in [0.717, 1.165) is 0 Å². The molecule has 1 amide bonds. The van der Waals surface area contributed by atoms with Crippen molar-refractivity contribution in [3.63, 3.8) is 0 Å². The van der Waals surface area contributed by atoms with E-state index in [9.17, 15) is 9.59 Å². The highest BCUT2D eigenvalue weighted by atomic mass is 79.9. The zero-order chi connectivity index (χ0) is 13.7. The minimum atomic E-state index is -0.661.